The molecule has 0 aliphatic carbocycles. The van der Waals surface area contributed by atoms with Crippen molar-refractivity contribution in [1.82, 2.24) is 15.1 Å². The first-order valence-corrected chi connectivity index (χ1v) is 6.19. The fraction of sp³-hybridized carbons (Fsp3) is 0.769. The molecule has 1 aromatic rings. The first kappa shape index (κ1) is 13.2. The van der Waals surface area contributed by atoms with Gasteiger partial charge in [-0.15, -0.1) is 0 Å². The van der Waals surface area contributed by atoms with Crippen molar-refractivity contribution in [2.45, 2.75) is 52.0 Å². The number of aryl methyl sites for hydroxylation is 1. The average molecular weight is 223 g/mol. The lowest BCUT2D eigenvalue weighted by atomic mass is 9.83. The van der Waals surface area contributed by atoms with Crippen LogP contribution in [0.4, 0.5) is 0 Å². The molecule has 0 radical (unpaired) electrons. The summed E-state index contributed by atoms with van der Waals surface area (Å²) in [5.74, 6) is 0. The summed E-state index contributed by atoms with van der Waals surface area (Å²) >= 11 is 0. The summed E-state index contributed by atoms with van der Waals surface area (Å²) in [5, 5.41) is 8.03. The Hall–Kier alpha value is -0.830. The molecule has 3 heteroatoms. The second kappa shape index (κ2) is 5.48. The van der Waals surface area contributed by atoms with Crippen molar-refractivity contribution in [2.24, 2.45) is 7.05 Å². The van der Waals surface area contributed by atoms with E-state index in [2.05, 4.69) is 44.2 Å². The molecule has 0 amide bonds. The van der Waals surface area contributed by atoms with Gasteiger partial charge in [0, 0.05) is 24.7 Å². The zero-order valence-corrected chi connectivity index (χ0v) is 11.2. The summed E-state index contributed by atoms with van der Waals surface area (Å²) < 4.78 is 1.88. The number of aromatic nitrogens is 2. The van der Waals surface area contributed by atoms with E-state index in [1.54, 1.807) is 0 Å². The van der Waals surface area contributed by atoms with Gasteiger partial charge >= 0.3 is 0 Å². The average Bonchev–Trinajstić information content (AvgIpc) is 2.62. The third-order valence-electron chi connectivity index (χ3n) is 2.97. The standard InChI is InChI=1S/C13H25N3/c1-6-8-14-11(2)10-13(3,4)12-7-9-16(5)15-12/h7,9,11,14H,6,8,10H2,1-5H3. The smallest absolute Gasteiger partial charge is 0.0681 e. The number of hydrogen-bond acceptors (Lipinski definition) is 2. The Morgan fingerprint density at radius 2 is 2.19 bits per heavy atom. The SMILES string of the molecule is CCCNC(C)CC(C)(C)c1ccn(C)n1. The van der Waals surface area contributed by atoms with Gasteiger partial charge in [0.2, 0.25) is 0 Å². The summed E-state index contributed by atoms with van der Waals surface area (Å²) in [6.07, 6.45) is 4.32. The van der Waals surface area contributed by atoms with Gasteiger partial charge in [0.1, 0.15) is 0 Å². The lowest BCUT2D eigenvalue weighted by molar-refractivity contribution is 0.379. The van der Waals surface area contributed by atoms with Crippen LogP contribution >= 0.6 is 0 Å². The molecule has 0 spiro atoms. The second-order valence-corrected chi connectivity index (χ2v) is 5.32. The fourth-order valence-electron chi connectivity index (χ4n) is 2.11. The van der Waals surface area contributed by atoms with E-state index in [1.165, 1.54) is 12.1 Å². The van der Waals surface area contributed by atoms with Crippen molar-refractivity contribution >= 4 is 0 Å². The molecule has 0 saturated heterocycles. The highest BCUT2D eigenvalue weighted by molar-refractivity contribution is 5.12. The molecule has 1 atom stereocenters. The number of rotatable bonds is 6. The first-order chi connectivity index (χ1) is 7.45. The first-order valence-electron chi connectivity index (χ1n) is 6.19. The molecule has 1 heterocycles. The molecule has 16 heavy (non-hydrogen) atoms. The molecule has 0 aliphatic rings. The van der Waals surface area contributed by atoms with Crippen molar-refractivity contribution < 1.29 is 0 Å². The summed E-state index contributed by atoms with van der Waals surface area (Å²) in [7, 11) is 1.97. The van der Waals surface area contributed by atoms with Crippen molar-refractivity contribution in [3.8, 4) is 0 Å². The number of hydrogen-bond donors (Lipinski definition) is 1. The molecule has 0 fully saturated rings. The van der Waals surface area contributed by atoms with Crippen molar-refractivity contribution in [3.63, 3.8) is 0 Å². The Morgan fingerprint density at radius 1 is 1.50 bits per heavy atom. The van der Waals surface area contributed by atoms with Gasteiger partial charge in [-0.2, -0.15) is 5.10 Å². The Morgan fingerprint density at radius 3 is 2.69 bits per heavy atom. The van der Waals surface area contributed by atoms with Crippen molar-refractivity contribution in [1.29, 1.82) is 0 Å². The molecule has 1 unspecified atom stereocenters. The topological polar surface area (TPSA) is 29.9 Å². The van der Waals surface area contributed by atoms with Gasteiger partial charge in [-0.3, -0.25) is 4.68 Å². The number of nitrogens with zero attached hydrogens (tertiary/aromatic N) is 2. The van der Waals surface area contributed by atoms with Gasteiger partial charge in [0.15, 0.2) is 0 Å². The normalized spacial score (nSPS) is 14.1. The maximum atomic E-state index is 4.50. The van der Waals surface area contributed by atoms with Crippen LogP contribution in [0.25, 0.3) is 0 Å². The van der Waals surface area contributed by atoms with E-state index >= 15 is 0 Å². The molecular formula is C13H25N3. The Kier molecular flexibility index (Phi) is 4.54. The van der Waals surface area contributed by atoms with Crippen molar-refractivity contribution in [2.75, 3.05) is 6.54 Å². The van der Waals surface area contributed by atoms with Crippen LogP contribution in [0.15, 0.2) is 12.3 Å². The Labute approximate surface area is 99.2 Å². The summed E-state index contributed by atoms with van der Waals surface area (Å²) in [4.78, 5) is 0. The highest BCUT2D eigenvalue weighted by Crippen LogP contribution is 2.26. The van der Waals surface area contributed by atoms with E-state index in [9.17, 15) is 0 Å². The van der Waals surface area contributed by atoms with Gasteiger partial charge in [-0.25, -0.2) is 0 Å². The van der Waals surface area contributed by atoms with Gasteiger partial charge in [-0.05, 0) is 32.4 Å². The predicted octanol–water partition coefficient (Wildman–Crippen LogP) is 2.48. The lowest BCUT2D eigenvalue weighted by Gasteiger charge is -2.26. The molecule has 92 valence electrons. The van der Waals surface area contributed by atoms with E-state index in [4.69, 9.17) is 0 Å². The third-order valence-corrected chi connectivity index (χ3v) is 2.97. The zero-order chi connectivity index (χ0) is 12.2. The lowest BCUT2D eigenvalue weighted by Crippen LogP contribution is -2.34. The minimum Gasteiger partial charge on any atom is -0.314 e. The maximum Gasteiger partial charge on any atom is 0.0681 e. The molecule has 1 aromatic heterocycles. The molecule has 1 rings (SSSR count). The largest absolute Gasteiger partial charge is 0.314 e. The van der Waals surface area contributed by atoms with Crippen LogP contribution in [0.2, 0.25) is 0 Å². The Balaban J connectivity index is 2.57. The summed E-state index contributed by atoms with van der Waals surface area (Å²) in [6, 6.07) is 2.66. The second-order valence-electron chi connectivity index (χ2n) is 5.32. The summed E-state index contributed by atoms with van der Waals surface area (Å²) in [6.45, 7) is 10.1. The molecule has 0 bridgehead atoms. The van der Waals surface area contributed by atoms with E-state index in [1.807, 2.05) is 17.9 Å². The molecule has 0 aromatic carbocycles. The highest BCUT2D eigenvalue weighted by Gasteiger charge is 2.25. The van der Waals surface area contributed by atoms with Crippen LogP contribution in [0.3, 0.4) is 0 Å². The van der Waals surface area contributed by atoms with Gasteiger partial charge in [0.25, 0.3) is 0 Å². The van der Waals surface area contributed by atoms with E-state index in [0.29, 0.717) is 6.04 Å². The molecule has 0 aliphatic heterocycles. The predicted molar refractivity (Wildman–Crippen MR) is 68.6 cm³/mol. The van der Waals surface area contributed by atoms with E-state index < -0.39 is 0 Å². The molecule has 3 nitrogen and oxygen atoms in total. The Bertz CT molecular complexity index is 315. The van der Waals surface area contributed by atoms with Crippen LogP contribution in [0.5, 0.6) is 0 Å². The quantitative estimate of drug-likeness (QED) is 0.803. The monoisotopic (exact) mass is 223 g/mol. The van der Waals surface area contributed by atoms with E-state index in [0.717, 1.165) is 13.0 Å². The van der Waals surface area contributed by atoms with Crippen LogP contribution in [0, 0.1) is 0 Å². The van der Waals surface area contributed by atoms with Gasteiger partial charge < -0.3 is 5.32 Å². The van der Waals surface area contributed by atoms with E-state index in [-0.39, 0.29) is 5.41 Å². The van der Waals surface area contributed by atoms with Crippen LogP contribution in [0.1, 0.15) is 46.2 Å². The molecule has 1 N–H and O–H groups in total. The summed E-state index contributed by atoms with van der Waals surface area (Å²) in [5.41, 5.74) is 1.32. The third kappa shape index (κ3) is 3.63. The minimum absolute atomic E-state index is 0.140. The zero-order valence-electron chi connectivity index (χ0n) is 11.2. The van der Waals surface area contributed by atoms with Crippen LogP contribution in [-0.2, 0) is 12.5 Å². The van der Waals surface area contributed by atoms with Crippen LogP contribution < -0.4 is 5.32 Å². The molecule has 0 saturated carbocycles. The molecular weight excluding hydrogens is 198 g/mol. The fourth-order valence-corrected chi connectivity index (χ4v) is 2.11. The maximum absolute atomic E-state index is 4.50. The minimum atomic E-state index is 0.140. The van der Waals surface area contributed by atoms with Crippen LogP contribution in [-0.4, -0.2) is 22.4 Å². The van der Waals surface area contributed by atoms with Gasteiger partial charge in [0.05, 0.1) is 5.69 Å². The van der Waals surface area contributed by atoms with Crippen molar-refractivity contribution in [3.05, 3.63) is 18.0 Å². The highest BCUT2D eigenvalue weighted by atomic mass is 15.2. The number of nitrogens with one attached hydrogen (secondary N) is 1. The van der Waals surface area contributed by atoms with Gasteiger partial charge in [-0.1, -0.05) is 20.8 Å².